The van der Waals surface area contributed by atoms with E-state index in [0.717, 1.165) is 24.0 Å². The van der Waals surface area contributed by atoms with Crippen molar-refractivity contribution >= 4 is 33.3 Å². The van der Waals surface area contributed by atoms with Crippen LogP contribution in [0, 0.1) is 5.92 Å². The van der Waals surface area contributed by atoms with Crippen LogP contribution in [0.4, 0.5) is 0 Å². The van der Waals surface area contributed by atoms with Gasteiger partial charge in [-0.15, -0.1) is 0 Å². The Hall–Kier alpha value is -0.380. The Bertz CT molecular complexity index is 368. The Labute approximate surface area is 102 Å². The van der Waals surface area contributed by atoms with E-state index in [2.05, 4.69) is 21.2 Å². The van der Waals surface area contributed by atoms with Crippen molar-refractivity contribution in [2.24, 2.45) is 5.92 Å². The van der Waals surface area contributed by atoms with E-state index in [0.29, 0.717) is 10.6 Å². The summed E-state index contributed by atoms with van der Waals surface area (Å²) in [4.78, 5) is 12.1. The second-order valence-corrected chi connectivity index (χ2v) is 4.91. The van der Waals surface area contributed by atoms with Crippen molar-refractivity contribution in [2.75, 3.05) is 13.1 Å². The van der Waals surface area contributed by atoms with Crippen molar-refractivity contribution < 1.29 is 4.79 Å². The molecule has 2 nitrogen and oxygen atoms in total. The van der Waals surface area contributed by atoms with E-state index in [1.807, 2.05) is 12.1 Å². The lowest BCUT2D eigenvalue weighted by molar-refractivity contribution is 0.0930. The van der Waals surface area contributed by atoms with Crippen molar-refractivity contribution in [1.29, 1.82) is 0 Å². The standard InChI is InChI=1S/C11H11BrClNO/c12-8-2-1-3-9(13)10(8)11(15)7-4-5-14-6-7/h1-3,7,14H,4-6H2. The zero-order valence-corrected chi connectivity index (χ0v) is 10.4. The van der Waals surface area contributed by atoms with Crippen LogP contribution >= 0.6 is 27.5 Å². The molecule has 4 heteroatoms. The second-order valence-electron chi connectivity index (χ2n) is 3.65. The largest absolute Gasteiger partial charge is 0.316 e. The van der Waals surface area contributed by atoms with E-state index in [9.17, 15) is 4.79 Å². The summed E-state index contributed by atoms with van der Waals surface area (Å²) in [5.74, 6) is 0.207. The molecule has 0 saturated carbocycles. The molecule has 15 heavy (non-hydrogen) atoms. The average Bonchev–Trinajstić information content (AvgIpc) is 2.69. The first-order valence-electron chi connectivity index (χ1n) is 4.89. The van der Waals surface area contributed by atoms with Gasteiger partial charge in [0.05, 0.1) is 10.6 Å². The van der Waals surface area contributed by atoms with Gasteiger partial charge < -0.3 is 5.32 Å². The van der Waals surface area contributed by atoms with Crippen molar-refractivity contribution in [1.82, 2.24) is 5.32 Å². The molecule has 1 aliphatic heterocycles. The Morgan fingerprint density at radius 3 is 2.93 bits per heavy atom. The quantitative estimate of drug-likeness (QED) is 0.848. The maximum absolute atomic E-state index is 12.1. The van der Waals surface area contributed by atoms with Crippen molar-refractivity contribution in [3.8, 4) is 0 Å². The third-order valence-electron chi connectivity index (χ3n) is 2.64. The molecule has 1 N–H and O–H groups in total. The maximum atomic E-state index is 12.1. The SMILES string of the molecule is O=C(c1c(Cl)cccc1Br)C1CCNC1. The summed E-state index contributed by atoms with van der Waals surface area (Å²) in [5.41, 5.74) is 0.618. The van der Waals surface area contributed by atoms with Gasteiger partial charge in [-0.2, -0.15) is 0 Å². The molecule has 1 saturated heterocycles. The minimum Gasteiger partial charge on any atom is -0.316 e. The van der Waals surface area contributed by atoms with Gasteiger partial charge in [0, 0.05) is 16.9 Å². The van der Waals surface area contributed by atoms with Crippen LogP contribution in [0.2, 0.25) is 5.02 Å². The number of rotatable bonds is 2. The van der Waals surface area contributed by atoms with Gasteiger partial charge in [0.25, 0.3) is 0 Å². The second kappa shape index (κ2) is 4.64. The molecule has 0 amide bonds. The van der Waals surface area contributed by atoms with Crippen LogP contribution < -0.4 is 5.32 Å². The Morgan fingerprint density at radius 1 is 1.53 bits per heavy atom. The number of ketones is 1. The van der Waals surface area contributed by atoms with Crippen LogP contribution in [-0.2, 0) is 0 Å². The Kier molecular flexibility index (Phi) is 3.44. The number of nitrogens with one attached hydrogen (secondary N) is 1. The summed E-state index contributed by atoms with van der Waals surface area (Å²) in [6, 6.07) is 5.43. The molecule has 0 bridgehead atoms. The zero-order chi connectivity index (χ0) is 10.8. The van der Waals surface area contributed by atoms with E-state index < -0.39 is 0 Å². The van der Waals surface area contributed by atoms with Gasteiger partial charge >= 0.3 is 0 Å². The molecular weight excluding hydrogens is 277 g/mol. The molecule has 1 aliphatic rings. The minimum atomic E-state index is 0.0706. The number of carbonyl (C=O) groups excluding carboxylic acids is 1. The van der Waals surface area contributed by atoms with Crippen LogP contribution in [0.3, 0.4) is 0 Å². The van der Waals surface area contributed by atoms with Gasteiger partial charge in [-0.1, -0.05) is 17.7 Å². The van der Waals surface area contributed by atoms with Gasteiger partial charge in [-0.05, 0) is 41.0 Å². The number of benzene rings is 1. The predicted molar refractivity (Wildman–Crippen MR) is 64.5 cm³/mol. The minimum absolute atomic E-state index is 0.0706. The van der Waals surface area contributed by atoms with Gasteiger partial charge in [0.2, 0.25) is 0 Å². The first kappa shape index (κ1) is 11.1. The molecule has 1 aromatic carbocycles. The van der Waals surface area contributed by atoms with E-state index in [-0.39, 0.29) is 11.7 Å². The summed E-state index contributed by atoms with van der Waals surface area (Å²) in [7, 11) is 0. The highest BCUT2D eigenvalue weighted by atomic mass is 79.9. The van der Waals surface area contributed by atoms with E-state index >= 15 is 0 Å². The van der Waals surface area contributed by atoms with Crippen molar-refractivity contribution in [3.05, 3.63) is 33.3 Å². The monoisotopic (exact) mass is 287 g/mol. The molecule has 1 heterocycles. The first-order chi connectivity index (χ1) is 7.20. The Morgan fingerprint density at radius 2 is 2.33 bits per heavy atom. The van der Waals surface area contributed by atoms with Crippen molar-refractivity contribution in [2.45, 2.75) is 6.42 Å². The molecule has 1 atom stereocenters. The van der Waals surface area contributed by atoms with Gasteiger partial charge in [0.1, 0.15) is 0 Å². The molecule has 1 fully saturated rings. The fourth-order valence-electron chi connectivity index (χ4n) is 1.82. The molecule has 2 rings (SSSR count). The van der Waals surface area contributed by atoms with Crippen LogP contribution in [0.15, 0.2) is 22.7 Å². The van der Waals surface area contributed by atoms with Crippen LogP contribution in [0.5, 0.6) is 0 Å². The van der Waals surface area contributed by atoms with E-state index in [1.54, 1.807) is 6.07 Å². The molecule has 0 spiro atoms. The maximum Gasteiger partial charge on any atom is 0.169 e. The van der Waals surface area contributed by atoms with Gasteiger partial charge in [-0.3, -0.25) is 4.79 Å². The number of hydrogen-bond acceptors (Lipinski definition) is 2. The molecule has 80 valence electrons. The number of halogens is 2. The summed E-state index contributed by atoms with van der Waals surface area (Å²) in [6.45, 7) is 1.68. The van der Waals surface area contributed by atoms with Gasteiger partial charge in [-0.25, -0.2) is 0 Å². The van der Waals surface area contributed by atoms with Crippen molar-refractivity contribution in [3.63, 3.8) is 0 Å². The fourth-order valence-corrected chi connectivity index (χ4v) is 2.76. The van der Waals surface area contributed by atoms with Crippen LogP contribution in [0.25, 0.3) is 0 Å². The highest BCUT2D eigenvalue weighted by molar-refractivity contribution is 9.10. The summed E-state index contributed by atoms with van der Waals surface area (Å²) >= 11 is 9.40. The lowest BCUT2D eigenvalue weighted by Gasteiger charge is -2.10. The molecule has 0 aliphatic carbocycles. The molecule has 1 unspecified atom stereocenters. The Balaban J connectivity index is 2.32. The lowest BCUT2D eigenvalue weighted by Crippen LogP contribution is -2.18. The fraction of sp³-hybridized carbons (Fsp3) is 0.364. The highest BCUT2D eigenvalue weighted by Gasteiger charge is 2.26. The van der Waals surface area contributed by atoms with Crippen LogP contribution in [-0.4, -0.2) is 18.9 Å². The number of hydrogen-bond donors (Lipinski definition) is 1. The average molecular weight is 289 g/mol. The third-order valence-corrected chi connectivity index (χ3v) is 3.62. The number of carbonyl (C=O) groups is 1. The highest BCUT2D eigenvalue weighted by Crippen LogP contribution is 2.28. The predicted octanol–water partition coefficient (Wildman–Crippen LogP) is 2.89. The van der Waals surface area contributed by atoms with E-state index in [1.165, 1.54) is 0 Å². The van der Waals surface area contributed by atoms with Gasteiger partial charge in [0.15, 0.2) is 5.78 Å². The number of Topliss-reactive ketones (excluding diaryl/α,β-unsaturated/α-hetero) is 1. The zero-order valence-electron chi connectivity index (χ0n) is 8.09. The topological polar surface area (TPSA) is 29.1 Å². The third kappa shape index (κ3) is 2.25. The molecule has 1 aromatic rings. The van der Waals surface area contributed by atoms with Crippen LogP contribution in [0.1, 0.15) is 16.8 Å². The molecule has 0 aromatic heterocycles. The normalized spacial score (nSPS) is 20.5. The summed E-state index contributed by atoms with van der Waals surface area (Å²) in [5, 5.41) is 3.71. The molecular formula is C11H11BrClNO. The summed E-state index contributed by atoms with van der Waals surface area (Å²) in [6.07, 6.45) is 0.899. The lowest BCUT2D eigenvalue weighted by atomic mass is 9.97. The smallest absolute Gasteiger partial charge is 0.169 e. The molecule has 0 radical (unpaired) electrons. The first-order valence-corrected chi connectivity index (χ1v) is 6.06. The summed E-state index contributed by atoms with van der Waals surface area (Å²) < 4.78 is 0.784. The van der Waals surface area contributed by atoms with E-state index in [4.69, 9.17) is 11.6 Å².